The quantitative estimate of drug-likeness (QED) is 0.786. The van der Waals surface area contributed by atoms with Gasteiger partial charge in [0.25, 0.3) is 0 Å². The van der Waals surface area contributed by atoms with E-state index in [1.54, 1.807) is 7.11 Å². The van der Waals surface area contributed by atoms with Gasteiger partial charge in [-0.3, -0.25) is 0 Å². The van der Waals surface area contributed by atoms with E-state index in [1.165, 1.54) is 0 Å². The first-order valence-electron chi connectivity index (χ1n) is 5.98. The fourth-order valence-corrected chi connectivity index (χ4v) is 2.15. The number of anilines is 2. The van der Waals surface area contributed by atoms with Gasteiger partial charge in [-0.25, -0.2) is 0 Å². The van der Waals surface area contributed by atoms with Gasteiger partial charge in [0.2, 0.25) is 0 Å². The van der Waals surface area contributed by atoms with Crippen LogP contribution in [0.15, 0.2) is 18.2 Å². The lowest BCUT2D eigenvalue weighted by Gasteiger charge is -2.21. The largest absolute Gasteiger partial charge is 0.497 e. The van der Waals surface area contributed by atoms with Crippen LogP contribution in [0, 0.1) is 5.92 Å². The number of nitrogens with one attached hydrogen (secondary N) is 1. The minimum atomic E-state index is 0.379. The Balaban J connectivity index is 2.04. The molecule has 0 saturated carbocycles. The second-order valence-corrected chi connectivity index (χ2v) is 4.55. The molecule has 1 aliphatic heterocycles. The third-order valence-electron chi connectivity index (χ3n) is 3.23. The lowest BCUT2D eigenvalue weighted by Crippen LogP contribution is -2.26. The van der Waals surface area contributed by atoms with Crippen molar-refractivity contribution in [2.75, 3.05) is 31.4 Å². The Bertz CT molecular complexity index is 376. The summed E-state index contributed by atoms with van der Waals surface area (Å²) in [6, 6.07) is 6.08. The number of methoxy groups -OCH3 is 1. The van der Waals surface area contributed by atoms with E-state index in [9.17, 15) is 0 Å². The van der Waals surface area contributed by atoms with Gasteiger partial charge in [-0.05, 0) is 19.4 Å². The average Bonchev–Trinajstić information content (AvgIpc) is 2.81. The molecule has 1 fully saturated rings. The Labute approximate surface area is 102 Å². The predicted octanol–water partition coefficient (Wildman–Crippen LogP) is 2.11. The molecule has 0 radical (unpaired) electrons. The smallest absolute Gasteiger partial charge is 0.122 e. The molecule has 1 aromatic carbocycles. The van der Waals surface area contributed by atoms with Crippen molar-refractivity contribution in [1.29, 1.82) is 0 Å². The van der Waals surface area contributed by atoms with Crippen molar-refractivity contribution in [3.63, 3.8) is 0 Å². The van der Waals surface area contributed by atoms with Gasteiger partial charge >= 0.3 is 0 Å². The summed E-state index contributed by atoms with van der Waals surface area (Å²) in [6.07, 6.45) is 1.12. The molecular weight excluding hydrogens is 216 g/mol. The summed E-state index contributed by atoms with van der Waals surface area (Å²) >= 11 is 0. The van der Waals surface area contributed by atoms with E-state index in [0.717, 1.165) is 31.1 Å². The standard InChI is InChI=1S/C13H20N2O2/c1-9(10-3-4-17-8-10)15-12-5-11(14)6-13(7-12)16-2/h5-7,9-10,15H,3-4,8,14H2,1-2H3. The molecule has 1 aliphatic rings. The summed E-state index contributed by atoms with van der Waals surface area (Å²) in [6.45, 7) is 3.89. The first-order chi connectivity index (χ1) is 8.19. The van der Waals surface area contributed by atoms with Crippen LogP contribution in [0.5, 0.6) is 5.75 Å². The van der Waals surface area contributed by atoms with E-state index >= 15 is 0 Å². The third kappa shape index (κ3) is 3.03. The van der Waals surface area contributed by atoms with Gasteiger partial charge in [-0.2, -0.15) is 0 Å². The molecule has 1 heterocycles. The van der Waals surface area contributed by atoms with Crippen molar-refractivity contribution < 1.29 is 9.47 Å². The molecular formula is C13H20N2O2. The minimum Gasteiger partial charge on any atom is -0.497 e. The predicted molar refractivity (Wildman–Crippen MR) is 69.4 cm³/mol. The first kappa shape index (κ1) is 12.0. The van der Waals surface area contributed by atoms with E-state index in [4.69, 9.17) is 15.2 Å². The summed E-state index contributed by atoms with van der Waals surface area (Å²) in [5.74, 6) is 1.35. The zero-order valence-electron chi connectivity index (χ0n) is 10.4. The zero-order chi connectivity index (χ0) is 12.3. The van der Waals surface area contributed by atoms with Crippen LogP contribution in [-0.2, 0) is 4.74 Å². The van der Waals surface area contributed by atoms with Crippen molar-refractivity contribution in [2.45, 2.75) is 19.4 Å². The third-order valence-corrected chi connectivity index (χ3v) is 3.23. The molecule has 17 heavy (non-hydrogen) atoms. The van der Waals surface area contributed by atoms with Crippen LogP contribution in [-0.4, -0.2) is 26.4 Å². The van der Waals surface area contributed by atoms with E-state index < -0.39 is 0 Å². The number of ether oxygens (including phenoxy) is 2. The zero-order valence-corrected chi connectivity index (χ0v) is 10.4. The van der Waals surface area contributed by atoms with Crippen molar-refractivity contribution in [3.8, 4) is 5.75 Å². The van der Waals surface area contributed by atoms with Crippen molar-refractivity contribution in [2.24, 2.45) is 5.92 Å². The number of hydrogen-bond donors (Lipinski definition) is 2. The number of nitrogens with two attached hydrogens (primary N) is 1. The molecule has 0 spiro atoms. The Morgan fingerprint density at radius 3 is 2.94 bits per heavy atom. The number of benzene rings is 1. The Kier molecular flexibility index (Phi) is 3.74. The molecule has 4 nitrogen and oxygen atoms in total. The Morgan fingerprint density at radius 1 is 1.47 bits per heavy atom. The van der Waals surface area contributed by atoms with Crippen LogP contribution >= 0.6 is 0 Å². The highest BCUT2D eigenvalue weighted by atomic mass is 16.5. The maximum absolute atomic E-state index is 5.82. The molecule has 4 heteroatoms. The van der Waals surface area contributed by atoms with Crippen molar-refractivity contribution in [1.82, 2.24) is 0 Å². The van der Waals surface area contributed by atoms with Crippen LogP contribution in [0.4, 0.5) is 11.4 Å². The van der Waals surface area contributed by atoms with Crippen LogP contribution in [0.3, 0.4) is 0 Å². The van der Waals surface area contributed by atoms with Gasteiger partial charge in [0, 0.05) is 42.1 Å². The molecule has 2 atom stereocenters. The second kappa shape index (κ2) is 5.27. The fraction of sp³-hybridized carbons (Fsp3) is 0.538. The van der Waals surface area contributed by atoms with Gasteiger partial charge in [-0.15, -0.1) is 0 Å². The average molecular weight is 236 g/mol. The molecule has 1 saturated heterocycles. The highest BCUT2D eigenvalue weighted by molar-refractivity contribution is 5.59. The van der Waals surface area contributed by atoms with Gasteiger partial charge in [0.05, 0.1) is 13.7 Å². The maximum atomic E-state index is 5.82. The molecule has 2 rings (SSSR count). The van der Waals surface area contributed by atoms with Crippen LogP contribution in [0.25, 0.3) is 0 Å². The SMILES string of the molecule is COc1cc(N)cc(NC(C)C2CCOC2)c1. The monoisotopic (exact) mass is 236 g/mol. The molecule has 0 aliphatic carbocycles. The molecule has 0 aromatic heterocycles. The van der Waals surface area contributed by atoms with Gasteiger partial charge in [0.1, 0.15) is 5.75 Å². The summed E-state index contributed by atoms with van der Waals surface area (Å²) in [7, 11) is 1.65. The van der Waals surface area contributed by atoms with Crippen LogP contribution in [0.2, 0.25) is 0 Å². The molecule has 94 valence electrons. The van der Waals surface area contributed by atoms with E-state index in [-0.39, 0.29) is 0 Å². The van der Waals surface area contributed by atoms with Gasteiger partial charge in [0.15, 0.2) is 0 Å². The molecule has 0 amide bonds. The minimum absolute atomic E-state index is 0.379. The second-order valence-electron chi connectivity index (χ2n) is 4.55. The van der Waals surface area contributed by atoms with Crippen LogP contribution < -0.4 is 15.8 Å². The van der Waals surface area contributed by atoms with Gasteiger partial charge < -0.3 is 20.5 Å². The number of rotatable bonds is 4. The molecule has 3 N–H and O–H groups in total. The molecule has 2 unspecified atom stereocenters. The lowest BCUT2D eigenvalue weighted by atomic mass is 10.0. The van der Waals surface area contributed by atoms with E-state index in [1.807, 2.05) is 18.2 Å². The van der Waals surface area contributed by atoms with Crippen molar-refractivity contribution >= 4 is 11.4 Å². The van der Waals surface area contributed by atoms with Crippen LogP contribution in [0.1, 0.15) is 13.3 Å². The number of nitrogen functional groups attached to an aromatic ring is 1. The Hall–Kier alpha value is -1.42. The van der Waals surface area contributed by atoms with E-state index in [2.05, 4.69) is 12.2 Å². The summed E-state index contributed by atoms with van der Waals surface area (Å²) in [5.41, 5.74) is 7.53. The highest BCUT2D eigenvalue weighted by Crippen LogP contribution is 2.25. The maximum Gasteiger partial charge on any atom is 0.122 e. The van der Waals surface area contributed by atoms with Crippen molar-refractivity contribution in [3.05, 3.63) is 18.2 Å². The summed E-state index contributed by atoms with van der Waals surface area (Å²) in [5, 5.41) is 3.46. The summed E-state index contributed by atoms with van der Waals surface area (Å²) < 4.78 is 10.6. The fourth-order valence-electron chi connectivity index (χ4n) is 2.15. The summed E-state index contributed by atoms with van der Waals surface area (Å²) in [4.78, 5) is 0. The highest BCUT2D eigenvalue weighted by Gasteiger charge is 2.22. The van der Waals surface area contributed by atoms with E-state index in [0.29, 0.717) is 17.6 Å². The lowest BCUT2D eigenvalue weighted by molar-refractivity contribution is 0.183. The molecule has 1 aromatic rings. The van der Waals surface area contributed by atoms with Gasteiger partial charge in [-0.1, -0.05) is 0 Å². The number of hydrogen-bond acceptors (Lipinski definition) is 4. The Morgan fingerprint density at radius 2 is 2.29 bits per heavy atom. The molecule has 0 bridgehead atoms. The topological polar surface area (TPSA) is 56.5 Å². The first-order valence-corrected chi connectivity index (χ1v) is 5.98. The normalized spacial score (nSPS) is 21.2.